The maximum absolute atomic E-state index is 12.3. The molecule has 23 heavy (non-hydrogen) atoms. The molecule has 0 bridgehead atoms. The lowest BCUT2D eigenvalue weighted by Crippen LogP contribution is -2.40. The molecule has 0 spiro atoms. The van der Waals surface area contributed by atoms with Gasteiger partial charge in [-0.05, 0) is 37.1 Å². The summed E-state index contributed by atoms with van der Waals surface area (Å²) in [5.41, 5.74) is 7.89. The molecule has 3 aromatic rings. The third kappa shape index (κ3) is 3.06. The quantitative estimate of drug-likeness (QED) is 0.746. The van der Waals surface area contributed by atoms with E-state index in [1.807, 2.05) is 50.4 Å². The van der Waals surface area contributed by atoms with E-state index in [0.717, 1.165) is 27.8 Å². The highest BCUT2D eigenvalue weighted by Crippen LogP contribution is 2.26. The van der Waals surface area contributed by atoms with Gasteiger partial charge in [-0.25, -0.2) is 0 Å². The molecule has 2 aromatic carbocycles. The van der Waals surface area contributed by atoms with Crippen LogP contribution in [0.3, 0.4) is 0 Å². The van der Waals surface area contributed by atoms with Crippen molar-refractivity contribution in [3.63, 3.8) is 0 Å². The molecule has 4 nitrogen and oxygen atoms in total. The van der Waals surface area contributed by atoms with Gasteiger partial charge in [-0.15, -0.1) is 0 Å². The summed E-state index contributed by atoms with van der Waals surface area (Å²) in [6.45, 7) is 4.09. The number of furan rings is 1. The van der Waals surface area contributed by atoms with Crippen LogP contribution in [-0.4, -0.2) is 13.0 Å². The molecule has 118 valence electrons. The molecule has 0 fully saturated rings. The Labute approximate surface area is 135 Å². The Bertz CT molecular complexity index is 837. The number of hydrogen-bond donors (Lipinski definition) is 1. The van der Waals surface area contributed by atoms with Crippen LogP contribution in [0.15, 0.2) is 53.1 Å². The number of amides is 1. The zero-order chi connectivity index (χ0) is 16.4. The molecule has 3 rings (SSSR count). The number of para-hydroxylation sites is 1. The summed E-state index contributed by atoms with van der Waals surface area (Å²) in [6, 6.07) is 13.8. The van der Waals surface area contributed by atoms with Crippen LogP contribution >= 0.6 is 0 Å². The molecule has 0 aliphatic rings. The van der Waals surface area contributed by atoms with E-state index in [1.54, 1.807) is 11.3 Å². The number of nitrogens with one attached hydrogen (secondary N) is 1. The minimum Gasteiger partial charge on any atom is -0.464 e. The fourth-order valence-electron chi connectivity index (χ4n) is 2.64. The van der Waals surface area contributed by atoms with Crippen molar-refractivity contribution in [1.82, 2.24) is 5.43 Å². The second kappa shape index (κ2) is 6.16. The van der Waals surface area contributed by atoms with Gasteiger partial charge in [0.05, 0.1) is 18.4 Å². The zero-order valence-electron chi connectivity index (χ0n) is 13.6. The summed E-state index contributed by atoms with van der Waals surface area (Å²) in [5.74, 6) is -0.0720. The summed E-state index contributed by atoms with van der Waals surface area (Å²) >= 11 is 0. The average Bonchev–Trinajstić information content (AvgIpc) is 2.95. The molecule has 1 aromatic heterocycles. The monoisotopic (exact) mass is 308 g/mol. The number of carbonyl (C=O) groups excluding carboxylic acids is 1. The van der Waals surface area contributed by atoms with Crippen molar-refractivity contribution in [1.29, 1.82) is 0 Å². The number of aryl methyl sites for hydroxylation is 2. The Hall–Kier alpha value is -2.75. The Morgan fingerprint density at radius 1 is 1.13 bits per heavy atom. The lowest BCUT2D eigenvalue weighted by Gasteiger charge is -2.20. The fourth-order valence-corrected chi connectivity index (χ4v) is 2.64. The second-order valence-electron chi connectivity index (χ2n) is 5.75. The number of hydrazine groups is 1. The standard InChI is InChI=1S/C19H20N2O2/c1-13-9-10-17-15(12-23-19(17)14(13)2)11-18(22)20-21(3)16-7-5-4-6-8-16/h4-10,12H,11H2,1-3H3,(H,20,22). The van der Waals surface area contributed by atoms with Crippen molar-refractivity contribution in [2.75, 3.05) is 12.1 Å². The normalized spacial score (nSPS) is 10.7. The number of benzene rings is 2. The lowest BCUT2D eigenvalue weighted by molar-refractivity contribution is -0.120. The summed E-state index contributed by atoms with van der Waals surface area (Å²) < 4.78 is 5.66. The van der Waals surface area contributed by atoms with Gasteiger partial charge in [-0.3, -0.25) is 15.2 Å². The molecule has 0 radical (unpaired) electrons. The first-order valence-electron chi connectivity index (χ1n) is 7.61. The molecular weight excluding hydrogens is 288 g/mol. The van der Waals surface area contributed by atoms with Gasteiger partial charge in [0.15, 0.2) is 0 Å². The van der Waals surface area contributed by atoms with E-state index < -0.39 is 0 Å². The highest BCUT2D eigenvalue weighted by Gasteiger charge is 2.13. The van der Waals surface area contributed by atoms with Crippen LogP contribution in [0.25, 0.3) is 11.0 Å². The van der Waals surface area contributed by atoms with E-state index in [9.17, 15) is 4.79 Å². The largest absolute Gasteiger partial charge is 0.464 e. The van der Waals surface area contributed by atoms with Crippen molar-refractivity contribution >= 4 is 22.6 Å². The van der Waals surface area contributed by atoms with E-state index in [-0.39, 0.29) is 12.3 Å². The van der Waals surface area contributed by atoms with Crippen molar-refractivity contribution in [2.24, 2.45) is 0 Å². The second-order valence-corrected chi connectivity index (χ2v) is 5.75. The lowest BCUT2D eigenvalue weighted by atomic mass is 10.0. The minimum atomic E-state index is -0.0720. The first kappa shape index (κ1) is 15.2. The SMILES string of the molecule is Cc1ccc2c(CC(=O)NN(C)c3ccccc3)coc2c1C. The minimum absolute atomic E-state index is 0.0720. The maximum atomic E-state index is 12.3. The number of fused-ring (bicyclic) bond motifs is 1. The van der Waals surface area contributed by atoms with Crippen LogP contribution in [0.5, 0.6) is 0 Å². The highest BCUT2D eigenvalue weighted by atomic mass is 16.3. The average molecular weight is 308 g/mol. The summed E-state index contributed by atoms with van der Waals surface area (Å²) in [7, 11) is 1.83. The van der Waals surface area contributed by atoms with Gasteiger partial charge in [0.2, 0.25) is 5.91 Å². The maximum Gasteiger partial charge on any atom is 0.243 e. The van der Waals surface area contributed by atoms with Crippen molar-refractivity contribution in [2.45, 2.75) is 20.3 Å². The third-order valence-electron chi connectivity index (χ3n) is 4.13. The number of nitrogens with zero attached hydrogens (tertiary/aromatic N) is 1. The molecule has 0 saturated heterocycles. The molecular formula is C19H20N2O2. The predicted molar refractivity (Wildman–Crippen MR) is 92.4 cm³/mol. The Balaban J connectivity index is 1.75. The molecule has 0 unspecified atom stereocenters. The van der Waals surface area contributed by atoms with Gasteiger partial charge in [0, 0.05) is 18.0 Å². The van der Waals surface area contributed by atoms with E-state index in [1.165, 1.54) is 5.56 Å². The molecule has 1 amide bonds. The number of carbonyl (C=O) groups is 1. The van der Waals surface area contributed by atoms with Gasteiger partial charge in [0.25, 0.3) is 0 Å². The van der Waals surface area contributed by atoms with Gasteiger partial charge >= 0.3 is 0 Å². The van der Waals surface area contributed by atoms with Crippen LogP contribution in [0.4, 0.5) is 5.69 Å². The molecule has 1 N–H and O–H groups in total. The van der Waals surface area contributed by atoms with Crippen LogP contribution < -0.4 is 10.4 Å². The van der Waals surface area contributed by atoms with Crippen LogP contribution in [0, 0.1) is 13.8 Å². The Morgan fingerprint density at radius 3 is 2.61 bits per heavy atom. The molecule has 0 saturated carbocycles. The fraction of sp³-hybridized carbons (Fsp3) is 0.211. The molecule has 1 heterocycles. The van der Waals surface area contributed by atoms with Crippen molar-refractivity contribution in [3.05, 3.63) is 65.4 Å². The predicted octanol–water partition coefficient (Wildman–Crippen LogP) is 3.76. The molecule has 0 atom stereocenters. The highest BCUT2D eigenvalue weighted by molar-refractivity contribution is 5.90. The molecule has 0 aliphatic heterocycles. The first-order chi connectivity index (χ1) is 11.1. The van der Waals surface area contributed by atoms with Gasteiger partial charge in [-0.2, -0.15) is 0 Å². The number of anilines is 1. The van der Waals surface area contributed by atoms with Gasteiger partial charge in [0.1, 0.15) is 5.58 Å². The number of hydrogen-bond acceptors (Lipinski definition) is 3. The first-order valence-corrected chi connectivity index (χ1v) is 7.61. The van der Waals surface area contributed by atoms with E-state index in [0.29, 0.717) is 0 Å². The van der Waals surface area contributed by atoms with Gasteiger partial charge in [-0.1, -0.05) is 30.3 Å². The van der Waals surface area contributed by atoms with Crippen molar-refractivity contribution < 1.29 is 9.21 Å². The van der Waals surface area contributed by atoms with E-state index >= 15 is 0 Å². The topological polar surface area (TPSA) is 45.5 Å². The summed E-state index contributed by atoms with van der Waals surface area (Å²) in [6.07, 6.45) is 1.96. The summed E-state index contributed by atoms with van der Waals surface area (Å²) in [4.78, 5) is 12.3. The molecule has 0 aliphatic carbocycles. The van der Waals surface area contributed by atoms with Gasteiger partial charge < -0.3 is 4.42 Å². The van der Waals surface area contributed by atoms with E-state index in [4.69, 9.17) is 4.42 Å². The Kier molecular flexibility index (Phi) is 4.06. The third-order valence-corrected chi connectivity index (χ3v) is 4.13. The smallest absolute Gasteiger partial charge is 0.243 e. The molecule has 4 heteroatoms. The van der Waals surface area contributed by atoms with Crippen LogP contribution in [-0.2, 0) is 11.2 Å². The van der Waals surface area contributed by atoms with Crippen LogP contribution in [0.2, 0.25) is 0 Å². The summed E-state index contributed by atoms with van der Waals surface area (Å²) in [5, 5.41) is 2.73. The zero-order valence-corrected chi connectivity index (χ0v) is 13.6. The van der Waals surface area contributed by atoms with E-state index in [2.05, 4.69) is 18.4 Å². The van der Waals surface area contributed by atoms with Crippen LogP contribution in [0.1, 0.15) is 16.7 Å². The number of rotatable bonds is 4. The Morgan fingerprint density at radius 2 is 1.87 bits per heavy atom. The van der Waals surface area contributed by atoms with Crippen molar-refractivity contribution in [3.8, 4) is 0 Å².